The first-order chi connectivity index (χ1) is 14.2. The highest BCUT2D eigenvalue weighted by atomic mass is 127. The van der Waals surface area contributed by atoms with Gasteiger partial charge in [0.1, 0.15) is 5.69 Å². The van der Waals surface area contributed by atoms with Gasteiger partial charge in [-0.1, -0.05) is 69.0 Å². The van der Waals surface area contributed by atoms with E-state index in [0.717, 1.165) is 0 Å². The first kappa shape index (κ1) is 23.1. The predicted octanol–water partition coefficient (Wildman–Crippen LogP) is 5.64. The van der Waals surface area contributed by atoms with Crippen LogP contribution in [-0.2, 0) is 0 Å². The lowest BCUT2D eigenvalue weighted by atomic mass is 10.1. The minimum absolute atomic E-state index is 0.0419. The van der Waals surface area contributed by atoms with Crippen molar-refractivity contribution in [3.8, 4) is 5.82 Å². The van der Waals surface area contributed by atoms with Crippen LogP contribution in [0.4, 0.5) is 5.69 Å². The normalized spacial score (nSPS) is 11.8. The van der Waals surface area contributed by atoms with E-state index in [4.69, 9.17) is 46.4 Å². The van der Waals surface area contributed by atoms with Crippen LogP contribution in [0.3, 0.4) is 0 Å². The van der Waals surface area contributed by atoms with Crippen molar-refractivity contribution in [2.24, 2.45) is 0 Å². The zero-order valence-corrected chi connectivity index (χ0v) is 20.3. The highest BCUT2D eigenvalue weighted by Gasteiger charge is 2.23. The predicted molar refractivity (Wildman–Crippen MR) is 127 cm³/mol. The highest BCUT2D eigenvalue weighted by Crippen LogP contribution is 2.31. The Morgan fingerprint density at radius 3 is 2.50 bits per heavy atom. The van der Waals surface area contributed by atoms with E-state index < -0.39 is 11.8 Å². The summed E-state index contributed by atoms with van der Waals surface area (Å²) in [5.74, 6) is -0.858. The maximum Gasteiger partial charge on any atom is 0.274 e. The summed E-state index contributed by atoms with van der Waals surface area (Å²) >= 11 is 26.5. The molecular formula is C18H12Cl4IN5O2. The number of rotatable bonds is 5. The molecule has 0 fully saturated rings. The van der Waals surface area contributed by atoms with Gasteiger partial charge in [-0.2, -0.15) is 5.10 Å². The Hall–Kier alpha value is -1.59. The van der Waals surface area contributed by atoms with E-state index in [1.807, 2.05) is 22.6 Å². The molecule has 3 rings (SSSR count). The number of benzene rings is 1. The van der Waals surface area contributed by atoms with Crippen molar-refractivity contribution < 1.29 is 9.59 Å². The molecule has 0 spiro atoms. The molecule has 0 radical (unpaired) electrons. The Labute approximate surface area is 205 Å². The molecule has 30 heavy (non-hydrogen) atoms. The lowest BCUT2D eigenvalue weighted by Gasteiger charge is -2.15. The summed E-state index contributed by atoms with van der Waals surface area (Å²) in [5.41, 5.74) is 0.245. The first-order valence-electron chi connectivity index (χ1n) is 8.29. The summed E-state index contributed by atoms with van der Waals surface area (Å²) in [6.45, 7) is 1.79. The molecule has 0 aliphatic heterocycles. The number of pyridine rings is 1. The number of anilines is 1. The summed E-state index contributed by atoms with van der Waals surface area (Å²) in [7, 11) is 0. The maximum atomic E-state index is 13.0. The van der Waals surface area contributed by atoms with E-state index in [0.29, 0.717) is 0 Å². The van der Waals surface area contributed by atoms with Gasteiger partial charge in [0.25, 0.3) is 11.8 Å². The minimum Gasteiger partial charge on any atom is -0.341 e. The second kappa shape index (κ2) is 9.69. The Morgan fingerprint density at radius 2 is 1.83 bits per heavy atom. The second-order valence-electron chi connectivity index (χ2n) is 5.93. The van der Waals surface area contributed by atoms with E-state index in [2.05, 4.69) is 20.7 Å². The van der Waals surface area contributed by atoms with E-state index >= 15 is 0 Å². The molecule has 1 unspecified atom stereocenters. The van der Waals surface area contributed by atoms with Crippen LogP contribution in [-0.4, -0.2) is 30.6 Å². The van der Waals surface area contributed by atoms with Crippen molar-refractivity contribution in [1.29, 1.82) is 0 Å². The van der Waals surface area contributed by atoms with Crippen molar-refractivity contribution in [1.82, 2.24) is 20.1 Å². The molecule has 3 aromatic rings. The van der Waals surface area contributed by atoms with Gasteiger partial charge in [0.15, 0.2) is 11.0 Å². The average molecular weight is 599 g/mol. The van der Waals surface area contributed by atoms with Crippen LogP contribution in [0.15, 0.2) is 36.5 Å². The van der Waals surface area contributed by atoms with Gasteiger partial charge in [0, 0.05) is 17.3 Å². The molecule has 0 saturated carbocycles. The summed E-state index contributed by atoms with van der Waals surface area (Å²) < 4.78 is 1.04. The molecule has 0 bridgehead atoms. The topological polar surface area (TPSA) is 88.9 Å². The van der Waals surface area contributed by atoms with Crippen molar-refractivity contribution in [3.05, 3.63) is 68.0 Å². The molecule has 156 valence electrons. The van der Waals surface area contributed by atoms with Crippen molar-refractivity contribution >= 4 is 86.5 Å². The molecule has 12 heteroatoms. The lowest BCUT2D eigenvalue weighted by Crippen LogP contribution is -2.29. The first-order valence-corrected chi connectivity index (χ1v) is 11.0. The fraction of sp³-hybridized carbons (Fsp3) is 0.111. The Bertz CT molecular complexity index is 1140. The van der Waals surface area contributed by atoms with Gasteiger partial charge in [-0.25, -0.2) is 9.67 Å². The van der Waals surface area contributed by atoms with Gasteiger partial charge in [0.05, 0.1) is 25.3 Å². The molecule has 7 nitrogen and oxygen atoms in total. The Kier molecular flexibility index (Phi) is 7.46. The lowest BCUT2D eigenvalue weighted by molar-refractivity contribution is 0.0954. The molecule has 0 saturated heterocycles. The van der Waals surface area contributed by atoms with Gasteiger partial charge in [0.2, 0.25) is 0 Å². The number of aromatic nitrogens is 3. The smallest absolute Gasteiger partial charge is 0.274 e. The van der Waals surface area contributed by atoms with Crippen molar-refractivity contribution in [3.63, 3.8) is 0 Å². The van der Waals surface area contributed by atoms with Crippen LogP contribution in [0.2, 0.25) is 20.2 Å². The van der Waals surface area contributed by atoms with Gasteiger partial charge in [-0.3, -0.25) is 9.59 Å². The van der Waals surface area contributed by atoms with Gasteiger partial charge >= 0.3 is 0 Å². The van der Waals surface area contributed by atoms with Crippen LogP contribution in [0, 0.1) is 0 Å². The molecule has 0 aliphatic rings. The number of alkyl halides is 1. The summed E-state index contributed by atoms with van der Waals surface area (Å²) in [5, 5.41) is 10.1. The number of nitrogens with zero attached hydrogens (tertiary/aromatic N) is 3. The number of carbonyl (C=O) groups excluding carboxylic acids is 2. The Morgan fingerprint density at radius 1 is 1.10 bits per heavy atom. The van der Waals surface area contributed by atoms with Crippen LogP contribution >= 0.6 is 69.0 Å². The standard InChI is InChI=1S/C18H12Cl4IN5O2/c1-8(23)25-17(29)10-5-9(19)6-12(21)15(10)26-18(30)13-7-14(22)27-28(13)16-11(20)3-2-4-24-16/h2-8H,1H3,(H,25,29)(H,26,30). The van der Waals surface area contributed by atoms with Gasteiger partial charge in [-0.05, 0) is 31.2 Å². The highest BCUT2D eigenvalue weighted by molar-refractivity contribution is 14.1. The van der Waals surface area contributed by atoms with Crippen LogP contribution in [0.1, 0.15) is 27.8 Å². The Balaban J connectivity index is 2.02. The molecule has 2 amide bonds. The third kappa shape index (κ3) is 5.17. The number of nitrogens with one attached hydrogen (secondary N) is 2. The summed E-state index contributed by atoms with van der Waals surface area (Å²) in [6, 6.07) is 7.42. The molecule has 2 N–H and O–H groups in total. The van der Waals surface area contributed by atoms with Crippen molar-refractivity contribution in [2.75, 3.05) is 5.32 Å². The molecule has 1 aromatic carbocycles. The summed E-state index contributed by atoms with van der Waals surface area (Å²) in [6.07, 6.45) is 1.50. The number of halogens is 5. The largest absolute Gasteiger partial charge is 0.341 e. The average Bonchev–Trinajstić information content (AvgIpc) is 3.05. The second-order valence-corrected chi connectivity index (χ2v) is 9.43. The fourth-order valence-electron chi connectivity index (χ4n) is 2.52. The molecular weight excluding hydrogens is 587 g/mol. The zero-order chi connectivity index (χ0) is 22.0. The monoisotopic (exact) mass is 597 g/mol. The van der Waals surface area contributed by atoms with Gasteiger partial charge in [-0.15, -0.1) is 0 Å². The van der Waals surface area contributed by atoms with E-state index in [1.165, 1.54) is 29.1 Å². The van der Waals surface area contributed by atoms with E-state index in [1.54, 1.807) is 19.1 Å². The number of hydrogen-bond donors (Lipinski definition) is 2. The zero-order valence-electron chi connectivity index (χ0n) is 15.1. The number of amides is 2. The maximum absolute atomic E-state index is 13.0. The van der Waals surface area contributed by atoms with E-state index in [-0.39, 0.29) is 47.0 Å². The molecule has 1 atom stereocenters. The van der Waals surface area contributed by atoms with Gasteiger partial charge < -0.3 is 10.6 Å². The molecule has 0 aliphatic carbocycles. The third-order valence-corrected chi connectivity index (χ3v) is 5.03. The van der Waals surface area contributed by atoms with Crippen molar-refractivity contribution in [2.45, 2.75) is 11.0 Å². The SMILES string of the molecule is CC(I)NC(=O)c1cc(Cl)cc(Cl)c1NC(=O)c1cc(Cl)nn1-c1ncccc1Cl. The van der Waals surface area contributed by atoms with Crippen LogP contribution < -0.4 is 10.6 Å². The summed E-state index contributed by atoms with van der Waals surface area (Å²) in [4.78, 5) is 29.8. The van der Waals surface area contributed by atoms with E-state index in [9.17, 15) is 9.59 Å². The molecule has 2 heterocycles. The van der Waals surface area contributed by atoms with Crippen LogP contribution in [0.25, 0.3) is 5.82 Å². The minimum atomic E-state index is -0.628. The molecule has 2 aromatic heterocycles. The quantitative estimate of drug-likeness (QED) is 0.226. The van der Waals surface area contributed by atoms with Crippen LogP contribution in [0.5, 0.6) is 0 Å². The third-order valence-electron chi connectivity index (χ3n) is 3.72. The fourth-order valence-corrected chi connectivity index (χ4v) is 3.73. The number of hydrogen-bond acceptors (Lipinski definition) is 4. The number of carbonyl (C=O) groups is 2.